The third-order valence-corrected chi connectivity index (χ3v) is 9.17. The predicted molar refractivity (Wildman–Crippen MR) is 145 cm³/mol. The smallest absolute Gasteiger partial charge is 0.228 e. The number of morpholine rings is 1. The van der Waals surface area contributed by atoms with Crippen LogP contribution in [0.3, 0.4) is 0 Å². The van der Waals surface area contributed by atoms with E-state index in [9.17, 15) is 13.2 Å². The van der Waals surface area contributed by atoms with Crippen molar-refractivity contribution >= 4 is 54.2 Å². The molecule has 0 N–H and O–H groups in total. The van der Waals surface area contributed by atoms with Crippen molar-refractivity contribution in [1.29, 1.82) is 0 Å². The fourth-order valence-corrected chi connectivity index (χ4v) is 6.48. The minimum absolute atomic E-state index is 0.0287. The van der Waals surface area contributed by atoms with Gasteiger partial charge in [-0.1, -0.05) is 11.3 Å². The number of rotatable bonds is 11. The van der Waals surface area contributed by atoms with Crippen LogP contribution in [0.5, 0.6) is 5.75 Å². The van der Waals surface area contributed by atoms with Crippen LogP contribution in [0, 0.1) is 0 Å². The molecule has 1 aromatic heterocycles. The minimum Gasteiger partial charge on any atom is -0.497 e. The second-order valence-corrected chi connectivity index (χ2v) is 12.7. The van der Waals surface area contributed by atoms with Crippen LogP contribution in [-0.4, -0.2) is 82.7 Å². The Morgan fingerprint density at radius 3 is 2.64 bits per heavy atom. The zero-order valence-corrected chi connectivity index (χ0v) is 23.0. The Bertz CT molecular complexity index is 1270. The summed E-state index contributed by atoms with van der Waals surface area (Å²) in [6.45, 7) is 4.36. The summed E-state index contributed by atoms with van der Waals surface area (Å²) in [4.78, 5) is 23.5. The van der Waals surface area contributed by atoms with E-state index in [0.29, 0.717) is 36.8 Å². The van der Waals surface area contributed by atoms with Crippen molar-refractivity contribution in [3.63, 3.8) is 0 Å². The quantitative estimate of drug-likeness (QED) is 0.263. The van der Waals surface area contributed by atoms with Gasteiger partial charge in [0.15, 0.2) is 15.0 Å². The van der Waals surface area contributed by atoms with Gasteiger partial charge in [-0.15, -0.1) is 11.8 Å². The van der Waals surface area contributed by atoms with Gasteiger partial charge in [-0.3, -0.25) is 14.6 Å². The number of fused-ring (bicyclic) bond motifs is 1. The predicted octanol–water partition coefficient (Wildman–Crippen LogP) is 3.95. The van der Waals surface area contributed by atoms with Gasteiger partial charge in [0.05, 0.1) is 35.4 Å². The third kappa shape index (κ3) is 7.19. The first-order valence-electron chi connectivity index (χ1n) is 11.8. The normalized spacial score (nSPS) is 14.7. The van der Waals surface area contributed by atoms with Crippen LogP contribution in [0.15, 0.2) is 52.3 Å². The molecule has 1 aliphatic rings. The molecule has 4 rings (SSSR count). The van der Waals surface area contributed by atoms with E-state index in [1.54, 1.807) is 42.0 Å². The molecule has 0 radical (unpaired) electrons. The topological polar surface area (TPSA) is 89.0 Å². The third-order valence-electron chi connectivity index (χ3n) is 5.92. The SMILES string of the molecule is COc1ccc(SCCCC(=O)N(CCN2CCOCC2)c2nc3ccc(S(C)(=O)=O)cc3s2)cc1. The molecule has 2 aromatic carbocycles. The molecular weight excluding hydrogens is 518 g/mol. The van der Waals surface area contributed by atoms with E-state index in [4.69, 9.17) is 9.47 Å². The zero-order valence-electron chi connectivity index (χ0n) is 20.5. The maximum atomic E-state index is 13.3. The van der Waals surface area contributed by atoms with E-state index in [2.05, 4.69) is 9.88 Å². The van der Waals surface area contributed by atoms with Crippen molar-refractivity contribution in [3.8, 4) is 5.75 Å². The second-order valence-electron chi connectivity index (χ2n) is 8.53. The molecule has 3 aromatic rings. The summed E-state index contributed by atoms with van der Waals surface area (Å²) in [5.41, 5.74) is 0.696. The number of carbonyl (C=O) groups excluding carboxylic acids is 1. The Kier molecular flexibility index (Phi) is 9.24. The van der Waals surface area contributed by atoms with Gasteiger partial charge in [0.2, 0.25) is 5.91 Å². The molecule has 1 amide bonds. The van der Waals surface area contributed by atoms with E-state index in [0.717, 1.165) is 47.2 Å². The summed E-state index contributed by atoms with van der Waals surface area (Å²) in [6, 6.07) is 12.8. The maximum Gasteiger partial charge on any atom is 0.228 e. The van der Waals surface area contributed by atoms with Gasteiger partial charge in [0, 0.05) is 43.8 Å². The van der Waals surface area contributed by atoms with E-state index < -0.39 is 9.84 Å². The van der Waals surface area contributed by atoms with Gasteiger partial charge in [-0.05, 0) is 54.6 Å². The molecule has 1 fully saturated rings. The highest BCUT2D eigenvalue weighted by Crippen LogP contribution is 2.31. The number of ether oxygens (including phenoxy) is 2. The highest BCUT2D eigenvalue weighted by molar-refractivity contribution is 7.99. The van der Waals surface area contributed by atoms with Crippen LogP contribution in [0.25, 0.3) is 10.2 Å². The molecule has 36 heavy (non-hydrogen) atoms. The van der Waals surface area contributed by atoms with Gasteiger partial charge in [0.1, 0.15) is 5.75 Å². The first-order valence-corrected chi connectivity index (χ1v) is 15.5. The highest BCUT2D eigenvalue weighted by atomic mass is 32.2. The Hall–Kier alpha value is -2.18. The van der Waals surface area contributed by atoms with E-state index in [1.165, 1.54) is 17.6 Å². The number of anilines is 1. The van der Waals surface area contributed by atoms with Crippen molar-refractivity contribution < 1.29 is 22.7 Å². The molecule has 1 saturated heterocycles. The largest absolute Gasteiger partial charge is 0.497 e. The first kappa shape index (κ1) is 26.9. The monoisotopic (exact) mass is 549 g/mol. The molecule has 0 spiro atoms. The maximum absolute atomic E-state index is 13.3. The lowest BCUT2D eigenvalue weighted by Gasteiger charge is -2.29. The molecule has 0 saturated carbocycles. The lowest BCUT2D eigenvalue weighted by Crippen LogP contribution is -2.43. The Morgan fingerprint density at radius 2 is 1.94 bits per heavy atom. The first-order chi connectivity index (χ1) is 17.3. The summed E-state index contributed by atoms with van der Waals surface area (Å²) in [7, 11) is -1.67. The number of aromatic nitrogens is 1. The fourth-order valence-electron chi connectivity index (χ4n) is 3.85. The Labute approximate surface area is 220 Å². The van der Waals surface area contributed by atoms with Gasteiger partial charge in [-0.2, -0.15) is 0 Å². The zero-order chi connectivity index (χ0) is 25.5. The van der Waals surface area contributed by atoms with Crippen LogP contribution in [0.1, 0.15) is 12.8 Å². The number of hydrogen-bond acceptors (Lipinski definition) is 9. The number of amides is 1. The minimum atomic E-state index is -3.32. The number of nitrogens with zero attached hydrogens (tertiary/aromatic N) is 3. The number of benzene rings is 2. The van der Waals surface area contributed by atoms with Crippen molar-refractivity contribution in [2.24, 2.45) is 0 Å². The molecule has 11 heteroatoms. The molecule has 2 heterocycles. The summed E-state index contributed by atoms with van der Waals surface area (Å²) >= 11 is 3.07. The average Bonchev–Trinajstić information content (AvgIpc) is 3.30. The standard InChI is InChI=1S/C25H31N3O5S3/c1-32-19-5-7-20(8-6-19)34-17-3-4-24(29)28(12-11-27-13-15-33-16-14-27)25-26-22-10-9-21(36(2,30)31)18-23(22)35-25/h5-10,18H,3-4,11-17H2,1-2H3. The second kappa shape index (κ2) is 12.4. The van der Waals surface area contributed by atoms with Gasteiger partial charge >= 0.3 is 0 Å². The van der Waals surface area contributed by atoms with Crippen molar-refractivity contribution in [1.82, 2.24) is 9.88 Å². The number of thioether (sulfide) groups is 1. The summed E-state index contributed by atoms with van der Waals surface area (Å²) < 4.78 is 35.4. The van der Waals surface area contributed by atoms with Crippen molar-refractivity contribution in [2.75, 3.05) is 63.4 Å². The number of methoxy groups -OCH3 is 1. The number of carbonyl (C=O) groups is 1. The van der Waals surface area contributed by atoms with Crippen LogP contribution < -0.4 is 9.64 Å². The van der Waals surface area contributed by atoms with Crippen LogP contribution in [0.2, 0.25) is 0 Å². The van der Waals surface area contributed by atoms with Crippen LogP contribution >= 0.6 is 23.1 Å². The van der Waals surface area contributed by atoms with Crippen LogP contribution in [-0.2, 0) is 19.4 Å². The van der Waals surface area contributed by atoms with E-state index >= 15 is 0 Å². The van der Waals surface area contributed by atoms with Crippen molar-refractivity contribution in [3.05, 3.63) is 42.5 Å². The fraction of sp³-hybridized carbons (Fsp3) is 0.440. The van der Waals surface area contributed by atoms with Crippen molar-refractivity contribution in [2.45, 2.75) is 22.6 Å². The molecular formula is C25H31N3O5S3. The molecule has 1 aliphatic heterocycles. The number of sulfone groups is 1. The lowest BCUT2D eigenvalue weighted by atomic mass is 10.3. The molecule has 0 unspecified atom stereocenters. The highest BCUT2D eigenvalue weighted by Gasteiger charge is 2.22. The van der Waals surface area contributed by atoms with Crippen LogP contribution in [0.4, 0.5) is 5.13 Å². The Morgan fingerprint density at radius 1 is 1.19 bits per heavy atom. The van der Waals surface area contributed by atoms with Gasteiger partial charge < -0.3 is 9.47 Å². The van der Waals surface area contributed by atoms with E-state index in [-0.39, 0.29) is 10.8 Å². The summed E-state index contributed by atoms with van der Waals surface area (Å²) in [5.74, 6) is 1.68. The molecule has 194 valence electrons. The number of thiazole rings is 1. The molecule has 8 nitrogen and oxygen atoms in total. The summed E-state index contributed by atoms with van der Waals surface area (Å²) in [5, 5.41) is 0.608. The van der Waals surface area contributed by atoms with Gasteiger partial charge in [0.25, 0.3) is 0 Å². The molecule has 0 aliphatic carbocycles. The average molecular weight is 550 g/mol. The molecule has 0 atom stereocenters. The van der Waals surface area contributed by atoms with E-state index in [1.807, 2.05) is 24.3 Å². The number of hydrogen-bond donors (Lipinski definition) is 0. The summed E-state index contributed by atoms with van der Waals surface area (Å²) in [6.07, 6.45) is 2.35. The Balaban J connectivity index is 1.43. The van der Waals surface area contributed by atoms with Gasteiger partial charge in [-0.25, -0.2) is 13.4 Å². The lowest BCUT2D eigenvalue weighted by molar-refractivity contribution is -0.118. The molecule has 0 bridgehead atoms.